The second kappa shape index (κ2) is 11.1. The third-order valence-electron chi connectivity index (χ3n) is 5.62. The minimum atomic E-state index is -0.876. The summed E-state index contributed by atoms with van der Waals surface area (Å²) in [5, 5.41) is 15.9. The number of carbonyl (C=O) groups is 2. The number of carbonyl (C=O) groups excluding carboxylic acids is 2. The fraction of sp³-hybridized carbons (Fsp3) is 0.185. The van der Waals surface area contributed by atoms with E-state index in [1.54, 1.807) is 25.1 Å². The number of nitrogens with zero attached hydrogens (tertiary/aromatic N) is 2. The van der Waals surface area contributed by atoms with E-state index in [0.29, 0.717) is 22.2 Å². The third-order valence-corrected chi connectivity index (χ3v) is 6.67. The van der Waals surface area contributed by atoms with Gasteiger partial charge in [0.05, 0.1) is 40.3 Å². The van der Waals surface area contributed by atoms with Gasteiger partial charge in [-0.2, -0.15) is 5.26 Å². The Morgan fingerprint density at radius 1 is 1.08 bits per heavy atom. The van der Waals surface area contributed by atoms with Gasteiger partial charge < -0.3 is 15.1 Å². The van der Waals surface area contributed by atoms with E-state index in [0.717, 1.165) is 17.3 Å². The Bertz CT molecular complexity index is 1370. The molecule has 0 aliphatic carbocycles. The zero-order chi connectivity index (χ0) is 25.7. The Morgan fingerprint density at radius 3 is 2.50 bits per heavy atom. The Labute approximate surface area is 212 Å². The lowest BCUT2D eigenvalue weighted by atomic mass is 9.81. The lowest BCUT2D eigenvalue weighted by Crippen LogP contribution is -2.31. The molecule has 36 heavy (non-hydrogen) atoms. The number of rotatable bonds is 6. The van der Waals surface area contributed by atoms with Crippen LogP contribution in [0.15, 0.2) is 87.6 Å². The number of hydrogen-bond donors (Lipinski definition) is 2. The topological polar surface area (TPSA) is 107 Å². The molecule has 1 aliphatic heterocycles. The average Bonchev–Trinajstić information content (AvgIpc) is 3.39. The standard InChI is InChI=1S/C27H23FN4O3S/c1-16-9-11-18(12-10-16)31-23(33)15-36-27-19(14-29)25(22-8-5-13-35-22)24(17(2)30-27)26(34)32-21-7-4-3-6-20(21)28/h3-13,19,25H,15H2,1-2H3,(H,31,33)(H,32,34)/t19?,25-/m1/s1. The van der Waals surface area contributed by atoms with E-state index < -0.39 is 23.6 Å². The summed E-state index contributed by atoms with van der Waals surface area (Å²) in [4.78, 5) is 30.3. The normalized spacial score (nSPS) is 17.2. The van der Waals surface area contributed by atoms with Crippen LogP contribution >= 0.6 is 11.8 Å². The van der Waals surface area contributed by atoms with Gasteiger partial charge in [0, 0.05) is 11.4 Å². The highest BCUT2D eigenvalue weighted by Gasteiger charge is 2.40. The highest BCUT2D eigenvalue weighted by Crippen LogP contribution is 2.41. The molecule has 0 saturated carbocycles. The monoisotopic (exact) mass is 502 g/mol. The second-order valence-corrected chi connectivity index (χ2v) is 9.18. The van der Waals surface area contributed by atoms with Gasteiger partial charge in [-0.15, -0.1) is 0 Å². The Balaban J connectivity index is 1.59. The summed E-state index contributed by atoms with van der Waals surface area (Å²) in [7, 11) is 0. The van der Waals surface area contributed by atoms with Crippen molar-refractivity contribution in [2.45, 2.75) is 19.8 Å². The van der Waals surface area contributed by atoms with Crippen LogP contribution in [-0.4, -0.2) is 22.6 Å². The first-order valence-electron chi connectivity index (χ1n) is 11.1. The molecule has 0 bridgehead atoms. The Morgan fingerprint density at radius 2 is 1.83 bits per heavy atom. The molecule has 4 rings (SSSR count). The average molecular weight is 503 g/mol. The van der Waals surface area contributed by atoms with Crippen molar-refractivity contribution < 1.29 is 18.4 Å². The van der Waals surface area contributed by atoms with Crippen molar-refractivity contribution >= 4 is 40.0 Å². The molecule has 1 aromatic heterocycles. The number of aryl methyl sites for hydroxylation is 1. The fourth-order valence-corrected chi connectivity index (χ4v) is 4.81. The molecule has 7 nitrogen and oxygen atoms in total. The van der Waals surface area contributed by atoms with E-state index in [-0.39, 0.29) is 22.9 Å². The lowest BCUT2D eigenvalue weighted by molar-refractivity contribution is -0.114. The molecule has 0 radical (unpaired) electrons. The summed E-state index contributed by atoms with van der Waals surface area (Å²) >= 11 is 1.13. The van der Waals surface area contributed by atoms with Gasteiger partial charge in [0.15, 0.2) is 0 Å². The molecule has 0 saturated heterocycles. The van der Waals surface area contributed by atoms with Crippen LogP contribution in [0.25, 0.3) is 0 Å². The number of benzene rings is 2. The van der Waals surface area contributed by atoms with Crippen LogP contribution in [0.3, 0.4) is 0 Å². The first-order valence-corrected chi connectivity index (χ1v) is 12.1. The number of hydrogen-bond acceptors (Lipinski definition) is 6. The number of anilines is 2. The number of nitriles is 1. The fourth-order valence-electron chi connectivity index (χ4n) is 3.89. The molecule has 9 heteroatoms. The van der Waals surface area contributed by atoms with E-state index in [1.807, 2.05) is 31.2 Å². The van der Waals surface area contributed by atoms with Gasteiger partial charge in [-0.05, 0) is 50.2 Å². The van der Waals surface area contributed by atoms with E-state index in [4.69, 9.17) is 4.42 Å². The Hall–Kier alpha value is -4.16. The third kappa shape index (κ3) is 5.56. The zero-order valence-corrected chi connectivity index (χ0v) is 20.4. The highest BCUT2D eigenvalue weighted by atomic mass is 32.2. The first-order chi connectivity index (χ1) is 17.4. The number of allylic oxidation sites excluding steroid dienone is 1. The van der Waals surface area contributed by atoms with Crippen LogP contribution < -0.4 is 10.6 Å². The molecular weight excluding hydrogens is 479 g/mol. The van der Waals surface area contributed by atoms with Crippen molar-refractivity contribution in [3.63, 3.8) is 0 Å². The maximum atomic E-state index is 14.2. The van der Waals surface area contributed by atoms with Crippen molar-refractivity contribution in [1.82, 2.24) is 0 Å². The minimum Gasteiger partial charge on any atom is -0.469 e. The summed E-state index contributed by atoms with van der Waals surface area (Å²) in [6.07, 6.45) is 1.46. The number of amides is 2. The number of para-hydroxylation sites is 1. The van der Waals surface area contributed by atoms with E-state index in [2.05, 4.69) is 21.7 Å². The smallest absolute Gasteiger partial charge is 0.254 e. The molecule has 1 unspecified atom stereocenters. The zero-order valence-electron chi connectivity index (χ0n) is 19.6. The van der Waals surface area contributed by atoms with Crippen molar-refractivity contribution in [1.29, 1.82) is 5.26 Å². The number of aliphatic imine (C=N–C) groups is 1. The summed E-state index contributed by atoms with van der Waals surface area (Å²) in [5.41, 5.74) is 2.33. The maximum Gasteiger partial charge on any atom is 0.254 e. The molecular formula is C27H23FN4O3S. The molecule has 2 aromatic carbocycles. The van der Waals surface area contributed by atoms with Gasteiger partial charge >= 0.3 is 0 Å². The van der Waals surface area contributed by atoms with Gasteiger partial charge in [0.1, 0.15) is 17.5 Å². The van der Waals surface area contributed by atoms with E-state index in [9.17, 15) is 19.2 Å². The maximum absolute atomic E-state index is 14.2. The van der Waals surface area contributed by atoms with Gasteiger partial charge in [-0.1, -0.05) is 41.6 Å². The number of nitrogens with one attached hydrogen (secondary N) is 2. The van der Waals surface area contributed by atoms with Crippen LogP contribution in [0.1, 0.15) is 24.2 Å². The minimum absolute atomic E-state index is 0.0198. The highest BCUT2D eigenvalue weighted by molar-refractivity contribution is 8.14. The summed E-state index contributed by atoms with van der Waals surface area (Å²) in [6.45, 7) is 3.60. The molecule has 2 N–H and O–H groups in total. The van der Waals surface area contributed by atoms with Crippen LogP contribution in [0.4, 0.5) is 15.8 Å². The second-order valence-electron chi connectivity index (χ2n) is 8.19. The largest absolute Gasteiger partial charge is 0.469 e. The predicted octanol–water partition coefficient (Wildman–Crippen LogP) is 5.65. The predicted molar refractivity (Wildman–Crippen MR) is 138 cm³/mol. The Kier molecular flexibility index (Phi) is 7.66. The molecule has 0 fully saturated rings. The van der Waals surface area contributed by atoms with Crippen molar-refractivity contribution in [2.75, 3.05) is 16.4 Å². The first kappa shape index (κ1) is 24.9. The summed E-state index contributed by atoms with van der Waals surface area (Å²) in [6, 6.07) is 18.8. The molecule has 3 aromatic rings. The van der Waals surface area contributed by atoms with E-state index >= 15 is 0 Å². The quantitative estimate of drug-likeness (QED) is 0.453. The van der Waals surface area contributed by atoms with Crippen LogP contribution in [-0.2, 0) is 9.59 Å². The van der Waals surface area contributed by atoms with Crippen LogP contribution in [0.2, 0.25) is 0 Å². The molecule has 1 aliphatic rings. The molecule has 182 valence electrons. The van der Waals surface area contributed by atoms with Crippen LogP contribution in [0, 0.1) is 30.0 Å². The number of thioether (sulfide) groups is 1. The summed E-state index contributed by atoms with van der Waals surface area (Å²) in [5.74, 6) is -2.64. The molecule has 2 amide bonds. The van der Waals surface area contributed by atoms with Gasteiger partial charge in [-0.25, -0.2) is 9.38 Å². The van der Waals surface area contributed by atoms with Crippen molar-refractivity contribution in [2.24, 2.45) is 10.9 Å². The summed E-state index contributed by atoms with van der Waals surface area (Å²) < 4.78 is 19.8. The van der Waals surface area contributed by atoms with Gasteiger partial charge in [0.25, 0.3) is 5.91 Å². The van der Waals surface area contributed by atoms with E-state index in [1.165, 1.54) is 24.5 Å². The van der Waals surface area contributed by atoms with Crippen LogP contribution in [0.5, 0.6) is 0 Å². The number of halogens is 1. The number of furan rings is 1. The molecule has 0 spiro atoms. The SMILES string of the molecule is CC1=C(C(=O)Nc2ccccc2F)[C@@H](c2ccco2)C(C#N)C(SCC(=O)Nc2ccc(C)cc2)=N1. The van der Waals surface area contributed by atoms with Crippen molar-refractivity contribution in [3.8, 4) is 6.07 Å². The van der Waals surface area contributed by atoms with Crippen molar-refractivity contribution in [3.05, 3.63) is 95.3 Å². The van der Waals surface area contributed by atoms with Gasteiger partial charge in [-0.3, -0.25) is 9.59 Å². The molecule has 2 heterocycles. The lowest BCUT2D eigenvalue weighted by Gasteiger charge is -2.28. The molecule has 2 atom stereocenters. The van der Waals surface area contributed by atoms with Gasteiger partial charge in [0.2, 0.25) is 5.91 Å².